The Balaban J connectivity index is 2.99. The molecule has 1 rings (SSSR count). The molecule has 0 bridgehead atoms. The second kappa shape index (κ2) is 2.92. The van der Waals surface area contributed by atoms with Crippen LogP contribution in [0.2, 0.25) is 0 Å². The van der Waals surface area contributed by atoms with Gasteiger partial charge < -0.3 is 0 Å². The summed E-state index contributed by atoms with van der Waals surface area (Å²) in [5.41, 5.74) is -0.960. The quantitative estimate of drug-likeness (QED) is 0.677. The summed E-state index contributed by atoms with van der Waals surface area (Å²) in [6.45, 7) is 0. The second-order valence-corrected chi connectivity index (χ2v) is 2.84. The van der Waals surface area contributed by atoms with Gasteiger partial charge in [0.25, 0.3) is 0 Å². The molecule has 0 aromatic carbocycles. The molecule has 2 nitrogen and oxygen atoms in total. The summed E-state index contributed by atoms with van der Waals surface area (Å²) in [5.74, 6) is 0. The third-order valence-corrected chi connectivity index (χ3v) is 1.50. The maximum absolute atomic E-state index is 11.8. The number of alkyl halides is 3. The van der Waals surface area contributed by atoms with Crippen molar-refractivity contribution in [2.45, 2.75) is 6.18 Å². The molecule has 0 radical (unpaired) electrons. The first kappa shape index (κ1) is 8.69. The van der Waals surface area contributed by atoms with Gasteiger partial charge in [-0.3, -0.25) is 0 Å². The van der Waals surface area contributed by atoms with Crippen molar-refractivity contribution < 1.29 is 13.2 Å². The number of hydrogen-bond acceptors (Lipinski definition) is 2. The maximum atomic E-state index is 11.8. The van der Waals surface area contributed by atoms with E-state index in [2.05, 4.69) is 10.2 Å². The lowest BCUT2D eigenvalue weighted by molar-refractivity contribution is -0.141. The zero-order chi connectivity index (χ0) is 8.48. The summed E-state index contributed by atoms with van der Waals surface area (Å²) in [6, 6.07) is 2.16. The molecule has 1 heterocycles. The van der Waals surface area contributed by atoms with Crippen molar-refractivity contribution in [1.82, 2.24) is 10.2 Å². The molecule has 1 aromatic heterocycles. The summed E-state index contributed by atoms with van der Waals surface area (Å²) in [6.07, 6.45) is -4.39. The Morgan fingerprint density at radius 1 is 1.18 bits per heavy atom. The molecule has 0 unspecified atom stereocenters. The van der Waals surface area contributed by atoms with Crippen LogP contribution >= 0.6 is 22.6 Å². The van der Waals surface area contributed by atoms with E-state index in [1.54, 1.807) is 22.6 Å². The van der Waals surface area contributed by atoms with Crippen molar-refractivity contribution in [3.63, 3.8) is 0 Å². The fourth-order valence-electron chi connectivity index (χ4n) is 0.467. The van der Waals surface area contributed by atoms with Gasteiger partial charge in [0.2, 0.25) is 0 Å². The molecule has 0 aliphatic rings. The highest BCUT2D eigenvalue weighted by molar-refractivity contribution is 14.1. The monoisotopic (exact) mass is 274 g/mol. The van der Waals surface area contributed by atoms with Crippen LogP contribution in [0.5, 0.6) is 0 Å². The minimum atomic E-state index is -4.39. The molecule has 0 atom stereocenters. The van der Waals surface area contributed by atoms with Gasteiger partial charge in [-0.25, -0.2) is 0 Å². The summed E-state index contributed by atoms with van der Waals surface area (Å²) in [5, 5.41) is 6.23. The fraction of sp³-hybridized carbons (Fsp3) is 0.200. The zero-order valence-electron chi connectivity index (χ0n) is 5.06. The SMILES string of the molecule is FC(F)(F)c1ccc(I)nn1. The predicted molar refractivity (Wildman–Crippen MR) is 39.8 cm³/mol. The number of rotatable bonds is 0. The van der Waals surface area contributed by atoms with Crippen LogP contribution in [0, 0.1) is 3.70 Å². The minimum Gasteiger partial charge on any atom is -0.164 e. The molecule has 0 aliphatic carbocycles. The zero-order valence-corrected chi connectivity index (χ0v) is 7.22. The first-order valence-electron chi connectivity index (χ1n) is 2.56. The molecule has 0 spiro atoms. The largest absolute Gasteiger partial charge is 0.435 e. The molecule has 0 amide bonds. The van der Waals surface area contributed by atoms with Gasteiger partial charge in [-0.15, -0.1) is 10.2 Å². The van der Waals surface area contributed by atoms with Crippen molar-refractivity contribution >= 4 is 22.6 Å². The van der Waals surface area contributed by atoms with Gasteiger partial charge in [0.05, 0.1) is 0 Å². The van der Waals surface area contributed by atoms with Crippen molar-refractivity contribution in [3.05, 3.63) is 21.5 Å². The predicted octanol–water partition coefficient (Wildman–Crippen LogP) is 2.10. The molecule has 1 aromatic rings. The van der Waals surface area contributed by atoms with E-state index in [1.807, 2.05) is 0 Å². The third kappa shape index (κ3) is 2.28. The first-order chi connectivity index (χ1) is 5.00. The van der Waals surface area contributed by atoms with Crippen LogP contribution in [0.1, 0.15) is 5.69 Å². The van der Waals surface area contributed by atoms with E-state index in [4.69, 9.17) is 0 Å². The van der Waals surface area contributed by atoms with Gasteiger partial charge in [0.15, 0.2) is 5.69 Å². The normalized spacial score (nSPS) is 11.6. The van der Waals surface area contributed by atoms with Crippen molar-refractivity contribution in [3.8, 4) is 0 Å². The summed E-state index contributed by atoms with van der Waals surface area (Å²) in [7, 11) is 0. The highest BCUT2D eigenvalue weighted by Crippen LogP contribution is 2.26. The molecule has 0 N–H and O–H groups in total. The van der Waals surface area contributed by atoms with Crippen molar-refractivity contribution in [2.75, 3.05) is 0 Å². The van der Waals surface area contributed by atoms with Gasteiger partial charge in [0, 0.05) is 0 Å². The van der Waals surface area contributed by atoms with Crippen LogP contribution in [-0.4, -0.2) is 10.2 Å². The van der Waals surface area contributed by atoms with Crippen LogP contribution in [0.15, 0.2) is 12.1 Å². The number of halogens is 4. The lowest BCUT2D eigenvalue weighted by atomic mass is 10.4. The van der Waals surface area contributed by atoms with Crippen molar-refractivity contribution in [1.29, 1.82) is 0 Å². The van der Waals surface area contributed by atoms with Gasteiger partial charge >= 0.3 is 6.18 Å². The van der Waals surface area contributed by atoms with E-state index in [1.165, 1.54) is 6.07 Å². The lowest BCUT2D eigenvalue weighted by Crippen LogP contribution is -2.08. The van der Waals surface area contributed by atoms with E-state index >= 15 is 0 Å². The van der Waals surface area contributed by atoms with E-state index in [0.717, 1.165) is 6.07 Å². The molecule has 0 saturated carbocycles. The van der Waals surface area contributed by atoms with Gasteiger partial charge in [-0.1, -0.05) is 0 Å². The Morgan fingerprint density at radius 2 is 1.82 bits per heavy atom. The number of nitrogens with zero attached hydrogens (tertiary/aromatic N) is 2. The molecule has 60 valence electrons. The Bertz CT molecular complexity index is 243. The maximum Gasteiger partial charge on any atom is 0.435 e. The molecular formula is C5H2F3IN2. The van der Waals surface area contributed by atoms with Crippen LogP contribution < -0.4 is 0 Å². The van der Waals surface area contributed by atoms with Gasteiger partial charge in [-0.2, -0.15) is 13.2 Å². The Hall–Kier alpha value is -0.400. The molecule has 0 saturated heterocycles. The Kier molecular flexibility index (Phi) is 2.31. The first-order valence-corrected chi connectivity index (χ1v) is 3.64. The average Bonchev–Trinajstić information content (AvgIpc) is 1.86. The molecule has 0 aliphatic heterocycles. The van der Waals surface area contributed by atoms with Crippen LogP contribution in [-0.2, 0) is 6.18 Å². The van der Waals surface area contributed by atoms with Crippen molar-refractivity contribution in [2.24, 2.45) is 0 Å². The van der Waals surface area contributed by atoms with E-state index in [0.29, 0.717) is 3.70 Å². The summed E-state index contributed by atoms with van der Waals surface area (Å²) < 4.78 is 35.9. The molecule has 0 fully saturated rings. The highest BCUT2D eigenvalue weighted by atomic mass is 127. The van der Waals surface area contributed by atoms with Crippen LogP contribution in [0.3, 0.4) is 0 Å². The number of aromatic nitrogens is 2. The van der Waals surface area contributed by atoms with Gasteiger partial charge in [0.1, 0.15) is 3.70 Å². The van der Waals surface area contributed by atoms with E-state index in [-0.39, 0.29) is 0 Å². The van der Waals surface area contributed by atoms with Crippen LogP contribution in [0.4, 0.5) is 13.2 Å². The van der Waals surface area contributed by atoms with Gasteiger partial charge in [-0.05, 0) is 34.7 Å². The minimum absolute atomic E-state index is 0.440. The molecule has 11 heavy (non-hydrogen) atoms. The summed E-state index contributed by atoms with van der Waals surface area (Å²) in [4.78, 5) is 0. The summed E-state index contributed by atoms with van der Waals surface area (Å²) >= 11 is 1.78. The standard InChI is InChI=1S/C5H2F3IN2/c6-5(7,8)3-1-2-4(9)11-10-3/h1-2H. The third-order valence-electron chi connectivity index (χ3n) is 0.922. The average molecular weight is 274 g/mol. The van der Waals surface area contributed by atoms with E-state index < -0.39 is 11.9 Å². The topological polar surface area (TPSA) is 25.8 Å². The Labute approximate surface area is 74.0 Å². The number of hydrogen-bond donors (Lipinski definition) is 0. The molecular weight excluding hydrogens is 272 g/mol. The molecule has 6 heteroatoms. The Morgan fingerprint density at radius 3 is 2.18 bits per heavy atom. The smallest absolute Gasteiger partial charge is 0.164 e. The van der Waals surface area contributed by atoms with Crippen LogP contribution in [0.25, 0.3) is 0 Å². The fourth-order valence-corrected chi connectivity index (χ4v) is 0.755. The second-order valence-electron chi connectivity index (χ2n) is 1.74. The van der Waals surface area contributed by atoms with E-state index in [9.17, 15) is 13.2 Å². The highest BCUT2D eigenvalue weighted by Gasteiger charge is 2.32. The lowest BCUT2D eigenvalue weighted by Gasteiger charge is -2.02.